The molecule has 1 aliphatic carbocycles. The molecule has 2 nitrogen and oxygen atoms in total. The maximum absolute atomic E-state index is 12.5. The quantitative estimate of drug-likeness (QED) is 0.620. The van der Waals surface area contributed by atoms with Gasteiger partial charge in [0.05, 0.1) is 5.92 Å². The summed E-state index contributed by atoms with van der Waals surface area (Å²) in [5.41, 5.74) is 3.24. The highest BCUT2D eigenvalue weighted by Gasteiger charge is 2.53. The summed E-state index contributed by atoms with van der Waals surface area (Å²) in [7, 11) is 0. The van der Waals surface area contributed by atoms with Crippen LogP contribution in [-0.2, 0) is 4.79 Å². The van der Waals surface area contributed by atoms with Crippen LogP contribution >= 0.6 is 0 Å². The van der Waals surface area contributed by atoms with Gasteiger partial charge in [-0.05, 0) is 36.5 Å². The SMILES string of the molecule is Cc1cccc(C)c1OC(=O)[C@@H]1[C@H](C)[C@H]1c1ccccc1. The average Bonchev–Trinajstić information content (AvgIpc) is 3.15. The molecule has 0 saturated heterocycles. The standard InChI is InChI=1S/C19H20O2/c1-12-8-7-9-13(2)18(12)21-19(20)17-14(3)16(17)15-10-5-4-6-11-15/h4-11,14,16-17H,1-3H3/t14-,16+,17-/m1/s1. The van der Waals surface area contributed by atoms with Crippen molar-refractivity contribution in [3.63, 3.8) is 0 Å². The smallest absolute Gasteiger partial charge is 0.315 e. The van der Waals surface area contributed by atoms with Gasteiger partial charge in [0.25, 0.3) is 0 Å². The maximum atomic E-state index is 12.5. The van der Waals surface area contributed by atoms with Crippen LogP contribution in [0.15, 0.2) is 48.5 Å². The first kappa shape index (κ1) is 13.9. The molecule has 3 atom stereocenters. The van der Waals surface area contributed by atoms with Gasteiger partial charge in [-0.15, -0.1) is 0 Å². The van der Waals surface area contributed by atoms with Gasteiger partial charge in [-0.3, -0.25) is 4.79 Å². The molecular weight excluding hydrogens is 260 g/mol. The molecule has 0 amide bonds. The molecule has 0 aliphatic heterocycles. The second-order valence-corrected chi connectivity index (χ2v) is 5.96. The molecule has 0 aromatic heterocycles. The van der Waals surface area contributed by atoms with Crippen LogP contribution in [0.1, 0.15) is 29.5 Å². The fourth-order valence-electron chi connectivity index (χ4n) is 3.14. The van der Waals surface area contributed by atoms with Crippen LogP contribution in [0.4, 0.5) is 0 Å². The average molecular weight is 280 g/mol. The van der Waals surface area contributed by atoms with E-state index in [1.54, 1.807) is 0 Å². The van der Waals surface area contributed by atoms with Crippen molar-refractivity contribution in [3.05, 3.63) is 65.2 Å². The first-order valence-electron chi connectivity index (χ1n) is 7.42. The van der Waals surface area contributed by atoms with E-state index in [0.717, 1.165) is 11.1 Å². The summed E-state index contributed by atoms with van der Waals surface area (Å²) in [6.07, 6.45) is 0. The van der Waals surface area contributed by atoms with Gasteiger partial charge in [-0.1, -0.05) is 55.5 Å². The molecule has 0 heterocycles. The normalized spacial score (nSPS) is 23.7. The summed E-state index contributed by atoms with van der Waals surface area (Å²) in [6, 6.07) is 16.2. The van der Waals surface area contributed by atoms with Gasteiger partial charge >= 0.3 is 5.97 Å². The Morgan fingerprint density at radius 3 is 2.19 bits per heavy atom. The zero-order valence-corrected chi connectivity index (χ0v) is 12.7. The lowest BCUT2D eigenvalue weighted by atomic mass is 10.1. The van der Waals surface area contributed by atoms with E-state index < -0.39 is 0 Å². The number of rotatable bonds is 3. The molecule has 1 saturated carbocycles. The van der Waals surface area contributed by atoms with Crippen molar-refractivity contribution in [2.24, 2.45) is 11.8 Å². The Morgan fingerprint density at radius 2 is 1.57 bits per heavy atom. The molecule has 1 aliphatic rings. The third kappa shape index (κ3) is 2.58. The van der Waals surface area contributed by atoms with Gasteiger partial charge in [-0.2, -0.15) is 0 Å². The predicted molar refractivity (Wildman–Crippen MR) is 83.4 cm³/mol. The monoisotopic (exact) mass is 280 g/mol. The zero-order valence-electron chi connectivity index (χ0n) is 12.7. The molecule has 2 aromatic rings. The molecule has 21 heavy (non-hydrogen) atoms. The molecular formula is C19H20O2. The first-order chi connectivity index (χ1) is 10.1. The van der Waals surface area contributed by atoms with Crippen LogP contribution in [0.3, 0.4) is 0 Å². The predicted octanol–water partition coefficient (Wildman–Crippen LogP) is 4.26. The van der Waals surface area contributed by atoms with E-state index in [1.165, 1.54) is 5.56 Å². The Labute approximate surface area is 125 Å². The third-order valence-corrected chi connectivity index (χ3v) is 4.45. The number of benzene rings is 2. The highest BCUT2D eigenvalue weighted by molar-refractivity contribution is 5.81. The van der Waals surface area contributed by atoms with Crippen molar-refractivity contribution in [3.8, 4) is 5.75 Å². The number of carbonyl (C=O) groups is 1. The minimum Gasteiger partial charge on any atom is -0.426 e. The largest absolute Gasteiger partial charge is 0.426 e. The molecule has 3 rings (SSSR count). The van der Waals surface area contributed by atoms with Crippen LogP contribution in [0, 0.1) is 25.7 Å². The van der Waals surface area contributed by atoms with Crippen LogP contribution in [0.2, 0.25) is 0 Å². The van der Waals surface area contributed by atoms with Gasteiger partial charge in [0, 0.05) is 5.92 Å². The van der Waals surface area contributed by atoms with Crippen molar-refractivity contribution in [1.29, 1.82) is 0 Å². The fraction of sp³-hybridized carbons (Fsp3) is 0.316. The lowest BCUT2D eigenvalue weighted by Gasteiger charge is -2.10. The van der Waals surface area contributed by atoms with Gasteiger partial charge < -0.3 is 4.74 Å². The molecule has 0 radical (unpaired) electrons. The first-order valence-corrected chi connectivity index (χ1v) is 7.42. The summed E-state index contributed by atoms with van der Waals surface area (Å²) in [4.78, 5) is 12.5. The Hall–Kier alpha value is -2.09. The molecule has 1 fully saturated rings. The lowest BCUT2D eigenvalue weighted by molar-refractivity contribution is -0.136. The molecule has 2 aromatic carbocycles. The topological polar surface area (TPSA) is 26.3 Å². The molecule has 108 valence electrons. The number of carbonyl (C=O) groups excluding carboxylic acids is 1. The summed E-state index contributed by atoms with van der Waals surface area (Å²) in [5.74, 6) is 1.24. The Kier molecular flexibility index (Phi) is 3.54. The van der Waals surface area contributed by atoms with Gasteiger partial charge in [0.1, 0.15) is 5.75 Å². The number of hydrogen-bond donors (Lipinski definition) is 0. The number of para-hydroxylation sites is 1. The van der Waals surface area contributed by atoms with Crippen LogP contribution < -0.4 is 4.74 Å². The Balaban J connectivity index is 1.76. The Morgan fingerprint density at radius 1 is 0.952 bits per heavy atom. The van der Waals surface area contributed by atoms with Crippen molar-refractivity contribution in [2.45, 2.75) is 26.7 Å². The van der Waals surface area contributed by atoms with Crippen LogP contribution in [0.25, 0.3) is 0 Å². The molecule has 0 spiro atoms. The molecule has 2 heteroatoms. The van der Waals surface area contributed by atoms with Crippen LogP contribution in [-0.4, -0.2) is 5.97 Å². The van der Waals surface area contributed by atoms with Crippen molar-refractivity contribution >= 4 is 5.97 Å². The van der Waals surface area contributed by atoms with E-state index in [2.05, 4.69) is 19.1 Å². The number of esters is 1. The van der Waals surface area contributed by atoms with E-state index in [4.69, 9.17) is 4.74 Å². The van der Waals surface area contributed by atoms with Crippen LogP contribution in [0.5, 0.6) is 5.75 Å². The Bertz CT molecular complexity index is 640. The van der Waals surface area contributed by atoms with E-state index in [9.17, 15) is 4.79 Å². The lowest BCUT2D eigenvalue weighted by Crippen LogP contribution is -2.13. The number of ether oxygens (including phenoxy) is 1. The minimum atomic E-state index is -0.103. The van der Waals surface area contributed by atoms with E-state index in [0.29, 0.717) is 17.6 Å². The minimum absolute atomic E-state index is 0.0218. The summed E-state index contributed by atoms with van der Waals surface area (Å²) in [6.45, 7) is 6.07. The second kappa shape index (κ2) is 5.36. The molecule has 0 bridgehead atoms. The van der Waals surface area contributed by atoms with E-state index in [-0.39, 0.29) is 11.9 Å². The van der Waals surface area contributed by atoms with E-state index >= 15 is 0 Å². The second-order valence-electron chi connectivity index (χ2n) is 5.96. The van der Waals surface area contributed by atoms with Gasteiger partial charge in [-0.25, -0.2) is 0 Å². The highest BCUT2D eigenvalue weighted by atomic mass is 16.5. The number of hydrogen-bond acceptors (Lipinski definition) is 2. The molecule has 0 N–H and O–H groups in total. The van der Waals surface area contributed by atoms with Gasteiger partial charge in [0.2, 0.25) is 0 Å². The summed E-state index contributed by atoms with van der Waals surface area (Å²) in [5, 5.41) is 0. The number of aryl methyl sites for hydroxylation is 2. The third-order valence-electron chi connectivity index (χ3n) is 4.45. The van der Waals surface area contributed by atoms with Crippen molar-refractivity contribution in [1.82, 2.24) is 0 Å². The highest BCUT2D eigenvalue weighted by Crippen LogP contribution is 2.54. The molecule has 0 unspecified atom stereocenters. The summed E-state index contributed by atoms with van der Waals surface area (Å²) < 4.78 is 5.68. The van der Waals surface area contributed by atoms with Crippen molar-refractivity contribution < 1.29 is 9.53 Å². The zero-order chi connectivity index (χ0) is 15.0. The summed E-state index contributed by atoms with van der Waals surface area (Å²) >= 11 is 0. The maximum Gasteiger partial charge on any atom is 0.315 e. The van der Waals surface area contributed by atoms with Gasteiger partial charge in [0.15, 0.2) is 0 Å². The fourth-order valence-corrected chi connectivity index (χ4v) is 3.14. The van der Waals surface area contributed by atoms with Crippen molar-refractivity contribution in [2.75, 3.05) is 0 Å². The van der Waals surface area contributed by atoms with E-state index in [1.807, 2.05) is 50.2 Å².